The van der Waals surface area contributed by atoms with Crippen LogP contribution in [0.4, 0.5) is 0 Å². The van der Waals surface area contributed by atoms with Crippen LogP contribution in [0.1, 0.15) is 0 Å². The van der Waals surface area contributed by atoms with Gasteiger partial charge in [0.2, 0.25) is 0 Å². The molecule has 0 saturated carbocycles. The van der Waals surface area contributed by atoms with E-state index in [0.717, 1.165) is 28.1 Å². The van der Waals surface area contributed by atoms with Crippen LogP contribution in [-0.4, -0.2) is 24.9 Å². The van der Waals surface area contributed by atoms with Gasteiger partial charge in [-0.3, -0.25) is 0 Å². The van der Waals surface area contributed by atoms with Gasteiger partial charge in [-0.2, -0.15) is 5.10 Å². The van der Waals surface area contributed by atoms with Crippen LogP contribution in [0.5, 0.6) is 5.75 Å². The molecule has 2 aromatic heterocycles. The zero-order valence-corrected chi connectivity index (χ0v) is 11.1. The first-order valence-corrected chi connectivity index (χ1v) is 6.59. The van der Waals surface area contributed by atoms with Crippen LogP contribution >= 0.6 is 0 Å². The number of para-hydroxylation sites is 1. The predicted octanol–water partition coefficient (Wildman–Crippen LogP) is 3.12. The number of phenolic OH excluding ortho intramolecular Hbond substituents is 1. The SMILES string of the molecule is Oc1ccc2nc(-c3cnn(-c4ccccc4)c3)[nH]c2c1. The largest absolute Gasteiger partial charge is 0.508 e. The second-order valence-electron chi connectivity index (χ2n) is 4.80. The highest BCUT2D eigenvalue weighted by Crippen LogP contribution is 2.23. The lowest BCUT2D eigenvalue weighted by atomic mass is 10.3. The van der Waals surface area contributed by atoms with E-state index < -0.39 is 0 Å². The number of aromatic nitrogens is 4. The highest BCUT2D eigenvalue weighted by Gasteiger charge is 2.08. The number of hydrogen-bond donors (Lipinski definition) is 2. The van der Waals surface area contributed by atoms with Gasteiger partial charge in [-0.05, 0) is 24.3 Å². The first kappa shape index (κ1) is 11.7. The van der Waals surface area contributed by atoms with Gasteiger partial charge in [-0.1, -0.05) is 18.2 Å². The highest BCUT2D eigenvalue weighted by molar-refractivity contribution is 5.80. The summed E-state index contributed by atoms with van der Waals surface area (Å²) in [4.78, 5) is 7.70. The molecule has 5 nitrogen and oxygen atoms in total. The standard InChI is InChI=1S/C16H12N4O/c21-13-6-7-14-15(8-13)19-16(18-14)11-9-17-20(10-11)12-4-2-1-3-5-12/h1-10,21H,(H,18,19). The third-order valence-corrected chi connectivity index (χ3v) is 3.34. The van der Waals surface area contributed by atoms with Gasteiger partial charge in [0.1, 0.15) is 11.6 Å². The normalized spacial score (nSPS) is 11.0. The van der Waals surface area contributed by atoms with Crippen molar-refractivity contribution in [2.45, 2.75) is 0 Å². The summed E-state index contributed by atoms with van der Waals surface area (Å²) >= 11 is 0. The minimum absolute atomic E-state index is 0.220. The molecule has 0 bridgehead atoms. The van der Waals surface area contributed by atoms with Gasteiger partial charge in [-0.15, -0.1) is 0 Å². The maximum absolute atomic E-state index is 9.50. The fourth-order valence-electron chi connectivity index (χ4n) is 2.30. The Bertz CT molecular complexity index is 908. The Kier molecular flexibility index (Phi) is 2.50. The zero-order valence-electron chi connectivity index (χ0n) is 11.1. The van der Waals surface area contributed by atoms with Crippen molar-refractivity contribution in [1.82, 2.24) is 19.7 Å². The van der Waals surface area contributed by atoms with Crippen LogP contribution in [0.3, 0.4) is 0 Å². The number of rotatable bonds is 2. The summed E-state index contributed by atoms with van der Waals surface area (Å²) in [6.07, 6.45) is 3.69. The van der Waals surface area contributed by atoms with Gasteiger partial charge in [0.15, 0.2) is 0 Å². The number of aromatic amines is 1. The molecule has 0 aliphatic carbocycles. The van der Waals surface area contributed by atoms with E-state index in [-0.39, 0.29) is 5.75 Å². The van der Waals surface area contributed by atoms with Crippen LogP contribution in [0, 0.1) is 0 Å². The van der Waals surface area contributed by atoms with Crippen molar-refractivity contribution < 1.29 is 5.11 Å². The average Bonchev–Trinajstić information content (AvgIpc) is 3.14. The number of benzene rings is 2. The molecule has 102 valence electrons. The number of phenols is 1. The third kappa shape index (κ3) is 2.04. The Morgan fingerprint density at radius 1 is 1.05 bits per heavy atom. The molecule has 0 atom stereocenters. The monoisotopic (exact) mass is 276 g/mol. The molecule has 0 unspecified atom stereocenters. The van der Waals surface area contributed by atoms with Gasteiger partial charge in [0.05, 0.1) is 28.5 Å². The van der Waals surface area contributed by atoms with Crippen LogP contribution in [0.15, 0.2) is 60.9 Å². The molecule has 5 heteroatoms. The molecular formula is C16H12N4O. The van der Waals surface area contributed by atoms with E-state index in [4.69, 9.17) is 0 Å². The number of hydrogen-bond acceptors (Lipinski definition) is 3. The van der Waals surface area contributed by atoms with E-state index in [2.05, 4.69) is 15.1 Å². The number of nitrogens with one attached hydrogen (secondary N) is 1. The smallest absolute Gasteiger partial charge is 0.141 e. The maximum Gasteiger partial charge on any atom is 0.141 e. The van der Waals surface area contributed by atoms with Gasteiger partial charge in [0, 0.05) is 12.3 Å². The minimum atomic E-state index is 0.220. The van der Waals surface area contributed by atoms with Crippen molar-refractivity contribution in [2.24, 2.45) is 0 Å². The number of fused-ring (bicyclic) bond motifs is 1. The van der Waals surface area contributed by atoms with Gasteiger partial charge in [0.25, 0.3) is 0 Å². The summed E-state index contributed by atoms with van der Waals surface area (Å²) < 4.78 is 1.81. The summed E-state index contributed by atoms with van der Waals surface area (Å²) in [5.41, 5.74) is 3.51. The summed E-state index contributed by atoms with van der Waals surface area (Å²) in [5.74, 6) is 0.954. The van der Waals surface area contributed by atoms with Crippen molar-refractivity contribution >= 4 is 11.0 Å². The molecule has 2 heterocycles. The Morgan fingerprint density at radius 2 is 1.90 bits per heavy atom. The molecule has 0 aliphatic rings. The van der Waals surface area contributed by atoms with Gasteiger partial charge >= 0.3 is 0 Å². The van der Waals surface area contributed by atoms with E-state index in [1.54, 1.807) is 29.1 Å². The summed E-state index contributed by atoms with van der Waals surface area (Å²) in [7, 11) is 0. The highest BCUT2D eigenvalue weighted by atomic mass is 16.3. The molecule has 0 saturated heterocycles. The average molecular weight is 276 g/mol. The first-order valence-electron chi connectivity index (χ1n) is 6.59. The van der Waals surface area contributed by atoms with E-state index in [1.807, 2.05) is 36.5 Å². The summed E-state index contributed by atoms with van der Waals surface area (Å²) in [5, 5.41) is 13.9. The molecule has 2 N–H and O–H groups in total. The second-order valence-corrected chi connectivity index (χ2v) is 4.80. The first-order chi connectivity index (χ1) is 10.3. The topological polar surface area (TPSA) is 66.7 Å². The van der Waals surface area contributed by atoms with E-state index >= 15 is 0 Å². The van der Waals surface area contributed by atoms with E-state index in [1.165, 1.54) is 0 Å². The van der Waals surface area contributed by atoms with Crippen LogP contribution < -0.4 is 0 Å². The molecular weight excluding hydrogens is 264 g/mol. The molecule has 0 amide bonds. The Labute approximate surface area is 120 Å². The van der Waals surface area contributed by atoms with Crippen molar-refractivity contribution in [3.05, 3.63) is 60.9 Å². The maximum atomic E-state index is 9.50. The fraction of sp³-hybridized carbons (Fsp3) is 0. The van der Waals surface area contributed by atoms with Gasteiger partial charge in [-0.25, -0.2) is 9.67 Å². The zero-order chi connectivity index (χ0) is 14.2. The van der Waals surface area contributed by atoms with Crippen LogP contribution in [0.25, 0.3) is 28.1 Å². The molecule has 21 heavy (non-hydrogen) atoms. The Morgan fingerprint density at radius 3 is 2.76 bits per heavy atom. The lowest BCUT2D eigenvalue weighted by molar-refractivity contribution is 0.476. The summed E-state index contributed by atoms with van der Waals surface area (Å²) in [6.45, 7) is 0. The Hall–Kier alpha value is -3.08. The molecule has 0 radical (unpaired) electrons. The number of H-pyrrole nitrogens is 1. The predicted molar refractivity (Wildman–Crippen MR) is 80.3 cm³/mol. The number of aromatic hydroxyl groups is 1. The van der Waals surface area contributed by atoms with E-state index in [0.29, 0.717) is 0 Å². The molecule has 4 aromatic rings. The molecule has 4 rings (SSSR count). The molecule has 0 spiro atoms. The van der Waals surface area contributed by atoms with Crippen LogP contribution in [-0.2, 0) is 0 Å². The minimum Gasteiger partial charge on any atom is -0.508 e. The summed E-state index contributed by atoms with van der Waals surface area (Å²) in [6, 6.07) is 15.0. The number of nitrogens with zero attached hydrogens (tertiary/aromatic N) is 3. The second kappa shape index (κ2) is 4.49. The molecule has 0 aliphatic heterocycles. The lowest BCUT2D eigenvalue weighted by Crippen LogP contribution is -1.92. The van der Waals surface area contributed by atoms with Crippen molar-refractivity contribution in [3.63, 3.8) is 0 Å². The van der Waals surface area contributed by atoms with Crippen LogP contribution in [0.2, 0.25) is 0 Å². The third-order valence-electron chi connectivity index (χ3n) is 3.34. The fourth-order valence-corrected chi connectivity index (χ4v) is 2.30. The Balaban J connectivity index is 1.77. The van der Waals surface area contributed by atoms with Gasteiger partial charge < -0.3 is 10.1 Å². The quantitative estimate of drug-likeness (QED) is 0.591. The molecule has 0 fully saturated rings. The van der Waals surface area contributed by atoms with Crippen molar-refractivity contribution in [1.29, 1.82) is 0 Å². The van der Waals surface area contributed by atoms with Crippen molar-refractivity contribution in [3.8, 4) is 22.8 Å². The van der Waals surface area contributed by atoms with Crippen molar-refractivity contribution in [2.75, 3.05) is 0 Å². The lowest BCUT2D eigenvalue weighted by Gasteiger charge is -1.98. The number of imidazole rings is 1. The van der Waals surface area contributed by atoms with E-state index in [9.17, 15) is 5.11 Å². The molecule has 2 aromatic carbocycles.